The van der Waals surface area contributed by atoms with Crippen LogP contribution in [-0.4, -0.2) is 9.54 Å². The van der Waals surface area contributed by atoms with Crippen LogP contribution in [0.25, 0.3) is 0 Å². The minimum absolute atomic E-state index is 0.0231. The van der Waals surface area contributed by atoms with Crippen molar-refractivity contribution in [3.63, 3.8) is 0 Å². The first-order chi connectivity index (χ1) is 4.91. The fraction of sp³-hybridized carbons (Fsp3) is 0.500. The molecule has 0 bridgehead atoms. The molecule has 0 aliphatic carbocycles. The lowest BCUT2D eigenvalue weighted by Crippen LogP contribution is -1.94. The van der Waals surface area contributed by atoms with E-state index in [9.17, 15) is 8.39 Å². The summed E-state index contributed by atoms with van der Waals surface area (Å²) in [5, 5.41) is 3.84. The molecule has 0 saturated carbocycles. The quantitative estimate of drug-likeness (QED) is 0.667. The predicted molar refractivity (Wildman–Crippen MR) is 46.6 cm³/mol. The van der Waals surface area contributed by atoms with Gasteiger partial charge in [0, 0.05) is 15.4 Å². The number of hydrogen-bond donors (Lipinski definition) is 0. The zero-order chi connectivity index (χ0) is 8.65. The van der Waals surface area contributed by atoms with E-state index in [0.29, 0.717) is 14.0 Å². The average molecular weight is 214 g/mol. The van der Waals surface area contributed by atoms with E-state index in [1.807, 2.05) is 0 Å². The number of nitrogens with zero attached hydrogens (tertiary/aromatic N) is 2. The second kappa shape index (κ2) is 2.89. The molecule has 0 saturated heterocycles. The molecule has 1 aromatic heterocycles. The first-order valence-electron chi connectivity index (χ1n) is 2.79. The standard InChI is InChI=1S/C4H6F2N2P2S/c1-3-4(10(5,6)11)9-8(2)7-3/h1-2H3. The monoisotopic (exact) mass is 214 g/mol. The van der Waals surface area contributed by atoms with E-state index in [2.05, 4.69) is 16.9 Å². The highest BCUT2D eigenvalue weighted by molar-refractivity contribution is 8.15. The maximum atomic E-state index is 12.6. The molecule has 11 heavy (non-hydrogen) atoms. The van der Waals surface area contributed by atoms with E-state index >= 15 is 0 Å². The van der Waals surface area contributed by atoms with E-state index in [4.69, 9.17) is 0 Å². The van der Waals surface area contributed by atoms with Gasteiger partial charge in [0.1, 0.15) is 5.04 Å². The van der Waals surface area contributed by atoms with Crippen LogP contribution in [0.1, 0.15) is 5.69 Å². The van der Waals surface area contributed by atoms with E-state index in [1.54, 1.807) is 14.0 Å². The molecule has 0 spiro atoms. The molecular weight excluding hydrogens is 208 g/mol. The SMILES string of the molecule is Cc1nn(C)pc1P(F)(F)=S. The molecule has 1 rings (SSSR count). The molecule has 0 fully saturated rings. The van der Waals surface area contributed by atoms with Crippen LogP contribution < -0.4 is 5.04 Å². The third-order valence-electron chi connectivity index (χ3n) is 1.10. The Labute approximate surface area is 70.0 Å². The average Bonchev–Trinajstić information content (AvgIpc) is 2.08. The number of aryl methyl sites for hydroxylation is 2. The molecule has 1 heterocycles. The van der Waals surface area contributed by atoms with Gasteiger partial charge in [-0.05, 0) is 18.7 Å². The Bertz CT molecular complexity index is 318. The minimum atomic E-state index is -4.24. The lowest BCUT2D eigenvalue weighted by Gasteiger charge is -1.95. The fourth-order valence-corrected chi connectivity index (χ4v) is 3.33. The molecule has 62 valence electrons. The summed E-state index contributed by atoms with van der Waals surface area (Å²) in [6.45, 7) is -2.68. The van der Waals surface area contributed by atoms with Crippen LogP contribution in [0.5, 0.6) is 0 Å². The number of rotatable bonds is 1. The van der Waals surface area contributed by atoms with E-state index in [0.717, 1.165) is 0 Å². The summed E-state index contributed by atoms with van der Waals surface area (Å²) >= 11 is 4.10. The summed E-state index contributed by atoms with van der Waals surface area (Å²) in [5.74, 6) is 0. The smallest absolute Gasteiger partial charge is 0.249 e. The fourth-order valence-electron chi connectivity index (χ4n) is 0.734. The molecule has 0 aliphatic rings. The Kier molecular flexibility index (Phi) is 2.43. The van der Waals surface area contributed by atoms with Crippen LogP contribution in [-0.2, 0) is 18.9 Å². The molecule has 0 radical (unpaired) electrons. The number of halogens is 2. The predicted octanol–water partition coefficient (Wildman–Crippen LogP) is 2.18. The molecule has 0 atom stereocenters. The van der Waals surface area contributed by atoms with E-state index in [1.165, 1.54) is 4.44 Å². The zero-order valence-corrected chi connectivity index (χ0v) is 8.56. The van der Waals surface area contributed by atoms with Crippen molar-refractivity contribution in [2.24, 2.45) is 7.05 Å². The molecule has 0 amide bonds. The van der Waals surface area contributed by atoms with Crippen LogP contribution in [0.3, 0.4) is 0 Å². The van der Waals surface area contributed by atoms with Crippen molar-refractivity contribution in [2.75, 3.05) is 0 Å². The van der Waals surface area contributed by atoms with Crippen LogP contribution in [0.2, 0.25) is 0 Å². The Balaban J connectivity index is 3.24. The summed E-state index contributed by atoms with van der Waals surface area (Å²) in [5.41, 5.74) is 0.377. The van der Waals surface area contributed by atoms with Gasteiger partial charge < -0.3 is 0 Å². The molecule has 0 N–H and O–H groups in total. The van der Waals surface area contributed by atoms with Crippen molar-refractivity contribution in [2.45, 2.75) is 6.92 Å². The number of hydrogen-bond acceptors (Lipinski definition) is 2. The Morgan fingerprint density at radius 3 is 2.36 bits per heavy atom. The van der Waals surface area contributed by atoms with Gasteiger partial charge in [0.05, 0.1) is 5.69 Å². The minimum Gasteiger partial charge on any atom is -0.249 e. The Hall–Kier alpha value is 0.150. The van der Waals surface area contributed by atoms with E-state index < -0.39 is 6.66 Å². The van der Waals surface area contributed by atoms with Crippen LogP contribution in [0.15, 0.2) is 0 Å². The van der Waals surface area contributed by atoms with Crippen molar-refractivity contribution >= 4 is 31.9 Å². The molecule has 0 unspecified atom stereocenters. The second-order valence-electron chi connectivity index (χ2n) is 2.06. The lowest BCUT2D eigenvalue weighted by atomic mass is 10.6. The zero-order valence-electron chi connectivity index (χ0n) is 5.95. The highest BCUT2D eigenvalue weighted by Crippen LogP contribution is 2.50. The van der Waals surface area contributed by atoms with E-state index in [-0.39, 0.29) is 5.04 Å². The van der Waals surface area contributed by atoms with Crippen molar-refractivity contribution in [1.29, 1.82) is 0 Å². The summed E-state index contributed by atoms with van der Waals surface area (Å²) in [7, 11) is 2.08. The largest absolute Gasteiger partial charge is 0.308 e. The second-order valence-corrected chi connectivity index (χ2v) is 6.39. The first kappa shape index (κ1) is 9.24. The number of aromatic nitrogens is 2. The Morgan fingerprint density at radius 1 is 1.64 bits per heavy atom. The highest BCUT2D eigenvalue weighted by Gasteiger charge is 2.23. The topological polar surface area (TPSA) is 17.8 Å². The summed E-state index contributed by atoms with van der Waals surface area (Å²) < 4.78 is 26.7. The van der Waals surface area contributed by atoms with Crippen molar-refractivity contribution < 1.29 is 8.39 Å². The summed E-state index contributed by atoms with van der Waals surface area (Å²) in [4.78, 5) is 0. The van der Waals surface area contributed by atoms with Crippen LogP contribution >= 0.6 is 15.0 Å². The van der Waals surface area contributed by atoms with Crippen molar-refractivity contribution in [3.05, 3.63) is 5.69 Å². The first-order valence-corrected chi connectivity index (χ1v) is 6.22. The maximum Gasteiger partial charge on any atom is 0.308 e. The van der Waals surface area contributed by atoms with Crippen molar-refractivity contribution in [1.82, 2.24) is 9.54 Å². The van der Waals surface area contributed by atoms with Gasteiger partial charge in [-0.25, -0.2) is 4.44 Å². The third-order valence-corrected chi connectivity index (χ3v) is 4.79. The molecule has 0 aliphatic heterocycles. The van der Waals surface area contributed by atoms with Gasteiger partial charge in [0.15, 0.2) is 0 Å². The maximum absolute atomic E-state index is 12.6. The van der Waals surface area contributed by atoms with Crippen molar-refractivity contribution in [3.8, 4) is 0 Å². The van der Waals surface area contributed by atoms with Gasteiger partial charge in [0.2, 0.25) is 0 Å². The molecule has 1 aromatic rings. The third kappa shape index (κ3) is 2.05. The molecule has 7 heteroatoms. The Morgan fingerprint density at radius 2 is 2.18 bits per heavy atom. The van der Waals surface area contributed by atoms with Gasteiger partial charge in [-0.2, -0.15) is 13.5 Å². The molecular formula is C4H6F2N2P2S. The lowest BCUT2D eigenvalue weighted by molar-refractivity contribution is 0.759. The normalized spacial score (nSPS) is 12.7. The van der Waals surface area contributed by atoms with Gasteiger partial charge in [-0.15, -0.1) is 0 Å². The van der Waals surface area contributed by atoms with Crippen LogP contribution in [0.4, 0.5) is 8.39 Å². The summed E-state index contributed by atoms with van der Waals surface area (Å²) in [6, 6.07) is 0. The van der Waals surface area contributed by atoms with Gasteiger partial charge in [-0.3, -0.25) is 0 Å². The van der Waals surface area contributed by atoms with Gasteiger partial charge >= 0.3 is 6.66 Å². The summed E-state index contributed by atoms with van der Waals surface area (Å²) in [6.07, 6.45) is 0. The highest BCUT2D eigenvalue weighted by atomic mass is 32.5. The van der Waals surface area contributed by atoms with Gasteiger partial charge in [-0.1, -0.05) is 0 Å². The van der Waals surface area contributed by atoms with Crippen LogP contribution in [0, 0.1) is 6.92 Å². The van der Waals surface area contributed by atoms with Gasteiger partial charge in [0.25, 0.3) is 0 Å². The molecule has 2 nitrogen and oxygen atoms in total. The molecule has 0 aromatic carbocycles.